The van der Waals surface area contributed by atoms with Gasteiger partial charge in [0, 0.05) is 18.6 Å². The minimum atomic E-state index is -0.498. The summed E-state index contributed by atoms with van der Waals surface area (Å²) in [5.41, 5.74) is 0.0607. The molecule has 0 saturated heterocycles. The highest BCUT2D eigenvalue weighted by Gasteiger charge is 2.04. The van der Waals surface area contributed by atoms with Crippen LogP contribution in [-0.2, 0) is 9.53 Å². The first-order valence-corrected chi connectivity index (χ1v) is 4.30. The van der Waals surface area contributed by atoms with Crippen LogP contribution in [-0.4, -0.2) is 17.5 Å². The van der Waals surface area contributed by atoms with Crippen LogP contribution in [0.15, 0.2) is 23.9 Å². The van der Waals surface area contributed by atoms with Crippen molar-refractivity contribution in [2.45, 2.75) is 20.3 Å². The molecule has 0 aromatic carbocycles. The van der Waals surface area contributed by atoms with Crippen molar-refractivity contribution >= 4 is 5.97 Å². The Morgan fingerprint density at radius 1 is 1.50 bits per heavy atom. The third kappa shape index (κ3) is 5.08. The third-order valence-corrected chi connectivity index (χ3v) is 1.40. The fourth-order valence-electron chi connectivity index (χ4n) is 0.736. The van der Waals surface area contributed by atoms with Gasteiger partial charge < -0.3 is 4.74 Å². The number of rotatable bonds is 5. The van der Waals surface area contributed by atoms with Crippen molar-refractivity contribution in [2.24, 2.45) is 0 Å². The average Bonchev–Trinajstić information content (AvgIpc) is 2.12. The van der Waals surface area contributed by atoms with Gasteiger partial charge in [-0.3, -0.25) is 10.1 Å². The molecule has 0 heterocycles. The number of hydrogen-bond donors (Lipinski definition) is 0. The summed E-state index contributed by atoms with van der Waals surface area (Å²) in [6.07, 6.45) is 4.08. The highest BCUT2D eigenvalue weighted by molar-refractivity contribution is 5.82. The van der Waals surface area contributed by atoms with E-state index in [2.05, 4.69) is 4.74 Å². The maximum absolute atomic E-state index is 10.8. The summed E-state index contributed by atoms with van der Waals surface area (Å²) in [6, 6.07) is 0. The Balaban J connectivity index is 4.24. The Bertz CT molecular complexity index is 268. The van der Waals surface area contributed by atoms with E-state index >= 15 is 0 Å². The molecule has 0 unspecified atom stereocenters. The zero-order valence-electron chi connectivity index (χ0n) is 8.23. The second-order valence-corrected chi connectivity index (χ2v) is 2.38. The Morgan fingerprint density at radius 3 is 2.57 bits per heavy atom. The number of hydrogen-bond acceptors (Lipinski definition) is 4. The normalized spacial score (nSPS) is 11.7. The van der Waals surface area contributed by atoms with E-state index < -0.39 is 10.9 Å². The van der Waals surface area contributed by atoms with Gasteiger partial charge >= 0.3 is 5.97 Å². The molecule has 5 heteroatoms. The van der Waals surface area contributed by atoms with Crippen LogP contribution >= 0.6 is 0 Å². The van der Waals surface area contributed by atoms with Crippen LogP contribution in [0.1, 0.15) is 20.3 Å². The van der Waals surface area contributed by atoms with Gasteiger partial charge in [0.05, 0.1) is 11.5 Å². The SMILES string of the molecule is CCOC(=O)/C=C\C=C(/CC)[N+](=O)[O-]. The van der Waals surface area contributed by atoms with Crippen molar-refractivity contribution in [2.75, 3.05) is 6.61 Å². The summed E-state index contributed by atoms with van der Waals surface area (Å²) in [5, 5.41) is 10.3. The first-order valence-electron chi connectivity index (χ1n) is 4.30. The lowest BCUT2D eigenvalue weighted by Crippen LogP contribution is -1.99. The Morgan fingerprint density at radius 2 is 2.14 bits per heavy atom. The van der Waals surface area contributed by atoms with Gasteiger partial charge in [-0.25, -0.2) is 4.79 Å². The van der Waals surface area contributed by atoms with Gasteiger partial charge in [-0.1, -0.05) is 6.92 Å². The molecule has 0 bridgehead atoms. The van der Waals surface area contributed by atoms with Gasteiger partial charge in [0.15, 0.2) is 0 Å². The Labute approximate surface area is 82.2 Å². The summed E-state index contributed by atoms with van der Waals surface area (Å²) < 4.78 is 4.59. The van der Waals surface area contributed by atoms with E-state index in [4.69, 9.17) is 0 Å². The summed E-state index contributed by atoms with van der Waals surface area (Å²) in [6.45, 7) is 3.66. The second kappa shape index (κ2) is 6.82. The van der Waals surface area contributed by atoms with E-state index in [1.54, 1.807) is 13.8 Å². The molecule has 0 saturated carbocycles. The molecule has 0 aliphatic rings. The fraction of sp³-hybridized carbons (Fsp3) is 0.444. The van der Waals surface area contributed by atoms with Gasteiger partial charge in [0.2, 0.25) is 5.70 Å². The number of nitrogens with zero attached hydrogens (tertiary/aromatic N) is 1. The van der Waals surface area contributed by atoms with Crippen LogP contribution in [0.3, 0.4) is 0 Å². The molecular weight excluding hydrogens is 186 g/mol. The molecule has 0 aromatic rings. The molecule has 0 amide bonds. The number of ether oxygens (including phenoxy) is 1. The van der Waals surface area contributed by atoms with E-state index in [0.29, 0.717) is 13.0 Å². The van der Waals surface area contributed by atoms with Gasteiger partial charge in [-0.05, 0) is 13.0 Å². The fourth-order valence-corrected chi connectivity index (χ4v) is 0.736. The third-order valence-electron chi connectivity index (χ3n) is 1.40. The van der Waals surface area contributed by atoms with Crippen molar-refractivity contribution in [3.63, 3.8) is 0 Å². The average molecular weight is 199 g/mol. The molecule has 0 aliphatic carbocycles. The zero-order chi connectivity index (χ0) is 11.0. The second-order valence-electron chi connectivity index (χ2n) is 2.38. The largest absolute Gasteiger partial charge is 0.463 e. The lowest BCUT2D eigenvalue weighted by atomic mass is 10.3. The van der Waals surface area contributed by atoms with Crippen LogP contribution in [0.2, 0.25) is 0 Å². The predicted molar refractivity (Wildman–Crippen MR) is 51.1 cm³/mol. The standard InChI is InChI=1S/C9H13NO4/c1-3-8(10(12)13)6-5-7-9(11)14-4-2/h5-7H,3-4H2,1-2H3/b7-5-,8-6+. The molecule has 0 aromatic heterocycles. The van der Waals surface area contributed by atoms with E-state index in [9.17, 15) is 14.9 Å². The van der Waals surface area contributed by atoms with Crippen molar-refractivity contribution in [1.29, 1.82) is 0 Å². The van der Waals surface area contributed by atoms with E-state index in [0.717, 1.165) is 6.08 Å². The molecule has 0 aliphatic heterocycles. The predicted octanol–water partition coefficient (Wildman–Crippen LogP) is 1.68. The number of carbonyl (C=O) groups is 1. The van der Waals surface area contributed by atoms with Gasteiger partial charge in [-0.2, -0.15) is 0 Å². The van der Waals surface area contributed by atoms with Crippen LogP contribution in [0, 0.1) is 10.1 Å². The minimum absolute atomic E-state index is 0.0607. The topological polar surface area (TPSA) is 69.4 Å². The molecule has 0 radical (unpaired) electrons. The van der Waals surface area contributed by atoms with E-state index in [-0.39, 0.29) is 5.70 Å². The molecule has 0 N–H and O–H groups in total. The summed E-state index contributed by atoms with van der Waals surface area (Å²) in [4.78, 5) is 20.6. The smallest absolute Gasteiger partial charge is 0.330 e. The maximum atomic E-state index is 10.8. The van der Waals surface area contributed by atoms with E-state index in [1.807, 2.05) is 0 Å². The van der Waals surface area contributed by atoms with E-state index in [1.165, 1.54) is 12.2 Å². The maximum Gasteiger partial charge on any atom is 0.330 e. The highest BCUT2D eigenvalue weighted by atomic mass is 16.6. The number of carbonyl (C=O) groups excluding carboxylic acids is 1. The van der Waals surface area contributed by atoms with Crippen LogP contribution in [0.5, 0.6) is 0 Å². The van der Waals surface area contributed by atoms with Gasteiger partial charge in [0.25, 0.3) is 0 Å². The molecule has 78 valence electrons. The zero-order valence-corrected chi connectivity index (χ0v) is 8.23. The van der Waals surface area contributed by atoms with Crippen molar-refractivity contribution in [3.8, 4) is 0 Å². The lowest BCUT2D eigenvalue weighted by molar-refractivity contribution is -0.427. The summed E-state index contributed by atoms with van der Waals surface area (Å²) in [5.74, 6) is -0.498. The quantitative estimate of drug-likeness (QED) is 0.222. The van der Waals surface area contributed by atoms with Gasteiger partial charge in [0.1, 0.15) is 0 Å². The number of allylic oxidation sites excluding steroid dienone is 3. The molecule has 0 atom stereocenters. The first-order chi connectivity index (χ1) is 6.61. The lowest BCUT2D eigenvalue weighted by Gasteiger charge is -1.93. The van der Waals surface area contributed by atoms with Crippen LogP contribution in [0.25, 0.3) is 0 Å². The monoisotopic (exact) mass is 199 g/mol. The molecule has 5 nitrogen and oxygen atoms in total. The molecule has 0 rings (SSSR count). The first kappa shape index (κ1) is 12.3. The molecule has 0 spiro atoms. The highest BCUT2D eigenvalue weighted by Crippen LogP contribution is 2.00. The molecule has 0 fully saturated rings. The molecule has 14 heavy (non-hydrogen) atoms. The van der Waals surface area contributed by atoms with Crippen molar-refractivity contribution < 1.29 is 14.5 Å². The van der Waals surface area contributed by atoms with Crippen molar-refractivity contribution in [1.82, 2.24) is 0 Å². The van der Waals surface area contributed by atoms with Crippen molar-refractivity contribution in [3.05, 3.63) is 34.0 Å². The minimum Gasteiger partial charge on any atom is -0.463 e. The molecular formula is C9H13NO4. The summed E-state index contributed by atoms with van der Waals surface area (Å²) in [7, 11) is 0. The Kier molecular flexibility index (Phi) is 6.02. The number of esters is 1. The van der Waals surface area contributed by atoms with Crippen LogP contribution < -0.4 is 0 Å². The Hall–Kier alpha value is -1.65. The van der Waals surface area contributed by atoms with Gasteiger partial charge in [-0.15, -0.1) is 0 Å². The summed E-state index contributed by atoms with van der Waals surface area (Å²) >= 11 is 0. The van der Waals surface area contributed by atoms with Crippen LogP contribution in [0.4, 0.5) is 0 Å². The number of nitro groups is 1.